The molecule has 0 aromatic heterocycles. The normalized spacial score (nSPS) is 9.89. The van der Waals surface area contributed by atoms with Crippen molar-refractivity contribution in [1.82, 2.24) is 0 Å². The van der Waals surface area contributed by atoms with Crippen LogP contribution in [-0.4, -0.2) is 5.78 Å². The van der Waals surface area contributed by atoms with Gasteiger partial charge < -0.3 is 0 Å². The molecule has 1 heteroatoms. The van der Waals surface area contributed by atoms with Gasteiger partial charge in [0, 0.05) is 0 Å². The van der Waals surface area contributed by atoms with Gasteiger partial charge in [-0.1, -0.05) is 12.2 Å². The quantitative estimate of drug-likeness (QED) is 0.318. The summed E-state index contributed by atoms with van der Waals surface area (Å²) in [6.45, 7) is 5.10. The van der Waals surface area contributed by atoms with Gasteiger partial charge in [-0.25, -0.2) is 0 Å². The molecule has 0 aromatic rings. The molecule has 0 heterocycles. The molecule has 0 atom stereocenters. The topological polar surface area (TPSA) is 17.1 Å². The Morgan fingerprint density at radius 2 is 2.22 bits per heavy atom. The Kier molecular flexibility index (Phi) is 4.79. The van der Waals surface area contributed by atoms with Crippen LogP contribution in [0.4, 0.5) is 0 Å². The van der Waals surface area contributed by atoms with Crippen LogP contribution >= 0.6 is 0 Å². The van der Waals surface area contributed by atoms with Crippen LogP contribution in [0.5, 0.6) is 0 Å². The number of allylic oxidation sites excluding steroid dienone is 3. The first-order chi connectivity index (χ1) is 4.27. The summed E-state index contributed by atoms with van der Waals surface area (Å²) in [4.78, 5) is 10.3. The molecule has 0 aromatic carbocycles. The van der Waals surface area contributed by atoms with Crippen molar-refractivity contribution in [3.05, 3.63) is 24.8 Å². The van der Waals surface area contributed by atoms with E-state index in [1.807, 2.05) is 12.2 Å². The number of hydrogen-bond donors (Lipinski definition) is 0. The Hall–Kier alpha value is -0.850. The van der Waals surface area contributed by atoms with Crippen LogP contribution < -0.4 is 0 Å². The molecule has 0 unspecified atom stereocenters. The summed E-state index contributed by atoms with van der Waals surface area (Å²) < 4.78 is 0. The summed E-state index contributed by atoms with van der Waals surface area (Å²) in [6, 6.07) is 0. The van der Waals surface area contributed by atoms with Gasteiger partial charge in [-0.15, -0.1) is 6.58 Å². The van der Waals surface area contributed by atoms with Crippen LogP contribution in [0.25, 0.3) is 0 Å². The predicted molar refractivity (Wildman–Crippen MR) is 39.3 cm³/mol. The van der Waals surface area contributed by atoms with E-state index in [0.717, 1.165) is 12.8 Å². The lowest BCUT2D eigenvalue weighted by Gasteiger charge is -1.81. The zero-order valence-corrected chi connectivity index (χ0v) is 5.76. The van der Waals surface area contributed by atoms with Crippen molar-refractivity contribution in [2.45, 2.75) is 19.8 Å². The molecule has 0 fully saturated rings. The fourth-order valence-electron chi connectivity index (χ4n) is 0.463. The standard InChI is InChI=1S/C8H12O/c1-3-4-5-6-7-8(2)9/h3,6-7H,1,4-5H2,2H3. The van der Waals surface area contributed by atoms with Crippen LogP contribution in [0.2, 0.25) is 0 Å². The van der Waals surface area contributed by atoms with Gasteiger partial charge in [0.2, 0.25) is 0 Å². The molecular weight excluding hydrogens is 112 g/mol. The van der Waals surface area contributed by atoms with Crippen molar-refractivity contribution in [2.24, 2.45) is 0 Å². The van der Waals surface area contributed by atoms with E-state index < -0.39 is 0 Å². The largest absolute Gasteiger partial charge is 0.295 e. The maximum absolute atomic E-state index is 10.3. The minimum Gasteiger partial charge on any atom is -0.295 e. The van der Waals surface area contributed by atoms with E-state index in [0.29, 0.717) is 0 Å². The molecule has 0 bridgehead atoms. The van der Waals surface area contributed by atoms with Crippen molar-refractivity contribution in [1.29, 1.82) is 0 Å². The minimum atomic E-state index is 0.110. The highest BCUT2D eigenvalue weighted by molar-refractivity contribution is 5.87. The number of rotatable bonds is 4. The molecule has 0 radical (unpaired) electrons. The van der Waals surface area contributed by atoms with Crippen LogP contribution in [0.15, 0.2) is 24.8 Å². The maximum atomic E-state index is 10.3. The number of ketones is 1. The van der Waals surface area contributed by atoms with Gasteiger partial charge >= 0.3 is 0 Å². The fourth-order valence-corrected chi connectivity index (χ4v) is 0.463. The average Bonchev–Trinajstić information content (AvgIpc) is 1.80. The summed E-state index contributed by atoms with van der Waals surface area (Å²) in [5.74, 6) is 0.110. The lowest BCUT2D eigenvalue weighted by atomic mass is 10.2. The first-order valence-corrected chi connectivity index (χ1v) is 3.05. The second kappa shape index (κ2) is 5.29. The second-order valence-electron chi connectivity index (χ2n) is 1.88. The molecule has 0 aliphatic carbocycles. The van der Waals surface area contributed by atoms with Gasteiger partial charge in [-0.3, -0.25) is 4.79 Å². The highest BCUT2D eigenvalue weighted by atomic mass is 16.1. The first-order valence-electron chi connectivity index (χ1n) is 3.05. The molecule has 0 saturated heterocycles. The number of carbonyl (C=O) groups excluding carboxylic acids is 1. The van der Waals surface area contributed by atoms with Crippen LogP contribution in [0, 0.1) is 0 Å². The van der Waals surface area contributed by atoms with Crippen LogP contribution in [0.3, 0.4) is 0 Å². The fraction of sp³-hybridized carbons (Fsp3) is 0.375. The van der Waals surface area contributed by atoms with E-state index in [2.05, 4.69) is 6.58 Å². The van der Waals surface area contributed by atoms with E-state index in [1.54, 1.807) is 13.0 Å². The van der Waals surface area contributed by atoms with Crippen LogP contribution in [0.1, 0.15) is 19.8 Å². The monoisotopic (exact) mass is 124 g/mol. The van der Waals surface area contributed by atoms with Crippen molar-refractivity contribution in [3.63, 3.8) is 0 Å². The third kappa shape index (κ3) is 7.15. The maximum Gasteiger partial charge on any atom is 0.152 e. The Morgan fingerprint density at radius 3 is 2.67 bits per heavy atom. The third-order valence-corrected chi connectivity index (χ3v) is 0.890. The summed E-state index contributed by atoms with van der Waals surface area (Å²) >= 11 is 0. The molecular formula is C8H12O. The zero-order chi connectivity index (χ0) is 7.11. The van der Waals surface area contributed by atoms with E-state index in [-0.39, 0.29) is 5.78 Å². The molecule has 0 amide bonds. The molecule has 0 aliphatic rings. The van der Waals surface area contributed by atoms with Crippen molar-refractivity contribution in [2.75, 3.05) is 0 Å². The van der Waals surface area contributed by atoms with Gasteiger partial charge in [0.15, 0.2) is 5.78 Å². The van der Waals surface area contributed by atoms with Crippen molar-refractivity contribution >= 4 is 5.78 Å². The summed E-state index contributed by atoms with van der Waals surface area (Å²) in [6.07, 6.45) is 7.16. The van der Waals surface area contributed by atoms with Crippen molar-refractivity contribution in [3.8, 4) is 0 Å². The highest BCUT2D eigenvalue weighted by Gasteiger charge is 1.79. The molecule has 0 aliphatic heterocycles. The van der Waals surface area contributed by atoms with Gasteiger partial charge in [0.25, 0.3) is 0 Å². The Labute approximate surface area is 56.1 Å². The molecule has 0 rings (SSSR count). The van der Waals surface area contributed by atoms with E-state index >= 15 is 0 Å². The number of hydrogen-bond acceptors (Lipinski definition) is 1. The van der Waals surface area contributed by atoms with Gasteiger partial charge in [-0.05, 0) is 25.8 Å². The summed E-state index contributed by atoms with van der Waals surface area (Å²) in [7, 11) is 0. The Morgan fingerprint density at radius 1 is 1.56 bits per heavy atom. The number of unbranched alkanes of at least 4 members (excludes halogenated alkanes) is 1. The highest BCUT2D eigenvalue weighted by Crippen LogP contribution is 1.90. The lowest BCUT2D eigenvalue weighted by Crippen LogP contribution is -1.78. The molecule has 1 nitrogen and oxygen atoms in total. The van der Waals surface area contributed by atoms with Gasteiger partial charge in [0.1, 0.15) is 0 Å². The third-order valence-electron chi connectivity index (χ3n) is 0.890. The molecule has 0 saturated carbocycles. The summed E-state index contributed by atoms with van der Waals surface area (Å²) in [5, 5.41) is 0. The molecule has 0 N–H and O–H groups in total. The molecule has 50 valence electrons. The van der Waals surface area contributed by atoms with Gasteiger partial charge in [0.05, 0.1) is 0 Å². The number of carbonyl (C=O) groups is 1. The average molecular weight is 124 g/mol. The van der Waals surface area contributed by atoms with E-state index in [4.69, 9.17) is 0 Å². The van der Waals surface area contributed by atoms with E-state index in [9.17, 15) is 4.79 Å². The Bertz CT molecular complexity index is 123. The summed E-state index contributed by atoms with van der Waals surface area (Å²) in [5.41, 5.74) is 0. The zero-order valence-electron chi connectivity index (χ0n) is 5.76. The molecule has 9 heavy (non-hydrogen) atoms. The lowest BCUT2D eigenvalue weighted by molar-refractivity contribution is -0.112. The minimum absolute atomic E-state index is 0.110. The van der Waals surface area contributed by atoms with E-state index in [1.165, 1.54) is 0 Å². The van der Waals surface area contributed by atoms with Crippen LogP contribution in [-0.2, 0) is 4.79 Å². The first kappa shape index (κ1) is 8.15. The second-order valence-corrected chi connectivity index (χ2v) is 1.88. The predicted octanol–water partition coefficient (Wildman–Crippen LogP) is 2.10. The van der Waals surface area contributed by atoms with Crippen molar-refractivity contribution < 1.29 is 4.79 Å². The SMILES string of the molecule is C=CCCC=CC(C)=O. The Balaban J connectivity index is 3.24. The molecule has 0 spiro atoms. The van der Waals surface area contributed by atoms with Gasteiger partial charge in [-0.2, -0.15) is 0 Å². The smallest absolute Gasteiger partial charge is 0.152 e.